The van der Waals surface area contributed by atoms with Crippen molar-refractivity contribution < 1.29 is 17.9 Å². The van der Waals surface area contributed by atoms with Crippen molar-refractivity contribution in [2.24, 2.45) is 11.8 Å². The van der Waals surface area contributed by atoms with Gasteiger partial charge < -0.3 is 9.47 Å². The summed E-state index contributed by atoms with van der Waals surface area (Å²) in [6.07, 6.45) is 7.30. The number of benzene rings is 1. The minimum atomic E-state index is -2.93. The molecule has 0 spiro atoms. The van der Waals surface area contributed by atoms with E-state index in [1.807, 2.05) is 33.8 Å². The Balaban J connectivity index is 1.83. The van der Waals surface area contributed by atoms with Crippen LogP contribution in [0.25, 0.3) is 0 Å². The highest BCUT2D eigenvalue weighted by atomic mass is 32.2. The monoisotopic (exact) mass is 410 g/mol. The second-order valence-corrected chi connectivity index (χ2v) is 10.6. The zero-order valence-corrected chi connectivity index (χ0v) is 18.9. The Morgan fingerprint density at radius 1 is 0.964 bits per heavy atom. The fraction of sp³-hybridized carbons (Fsp3) is 0.739. The number of hydrogen-bond donors (Lipinski definition) is 0. The zero-order valence-electron chi connectivity index (χ0n) is 18.1. The highest BCUT2D eigenvalue weighted by Crippen LogP contribution is 2.34. The van der Waals surface area contributed by atoms with E-state index in [0.29, 0.717) is 37.2 Å². The van der Waals surface area contributed by atoms with Gasteiger partial charge in [-0.2, -0.15) is 0 Å². The number of aryl methyl sites for hydroxylation is 1. The molecule has 28 heavy (non-hydrogen) atoms. The molecule has 0 aliphatic heterocycles. The average molecular weight is 411 g/mol. The molecule has 1 aliphatic carbocycles. The third-order valence-electron chi connectivity index (χ3n) is 6.07. The summed E-state index contributed by atoms with van der Waals surface area (Å²) in [5.41, 5.74) is 1.29. The van der Waals surface area contributed by atoms with Gasteiger partial charge in [-0.25, -0.2) is 8.42 Å². The maximum Gasteiger partial charge on any atom is 0.161 e. The molecular weight excluding hydrogens is 372 g/mol. The molecule has 0 saturated heterocycles. The maximum atomic E-state index is 12.4. The lowest BCUT2D eigenvalue weighted by Gasteiger charge is -2.29. The van der Waals surface area contributed by atoms with Crippen molar-refractivity contribution in [2.45, 2.75) is 77.9 Å². The summed E-state index contributed by atoms with van der Waals surface area (Å²) in [4.78, 5) is 0. The first kappa shape index (κ1) is 23.1. The Kier molecular flexibility index (Phi) is 9.13. The van der Waals surface area contributed by atoms with Crippen LogP contribution in [0.3, 0.4) is 0 Å². The van der Waals surface area contributed by atoms with Gasteiger partial charge in [0.05, 0.1) is 24.2 Å². The van der Waals surface area contributed by atoms with Crippen molar-refractivity contribution in [1.82, 2.24) is 0 Å². The predicted molar refractivity (Wildman–Crippen MR) is 116 cm³/mol. The van der Waals surface area contributed by atoms with E-state index in [4.69, 9.17) is 9.47 Å². The van der Waals surface area contributed by atoms with Crippen LogP contribution in [0.2, 0.25) is 0 Å². The van der Waals surface area contributed by atoms with Gasteiger partial charge in [-0.3, -0.25) is 0 Å². The molecule has 1 aliphatic rings. The highest BCUT2D eigenvalue weighted by Gasteiger charge is 2.28. The Hall–Kier alpha value is -1.23. The van der Waals surface area contributed by atoms with Crippen LogP contribution in [-0.4, -0.2) is 32.6 Å². The van der Waals surface area contributed by atoms with Crippen molar-refractivity contribution in [1.29, 1.82) is 0 Å². The quantitative estimate of drug-likeness (QED) is 0.488. The van der Waals surface area contributed by atoms with E-state index in [9.17, 15) is 8.42 Å². The normalized spacial score (nSPS) is 21.3. The van der Waals surface area contributed by atoms with E-state index in [-0.39, 0.29) is 5.25 Å². The number of rotatable bonds is 11. The van der Waals surface area contributed by atoms with E-state index in [1.165, 1.54) is 5.56 Å². The van der Waals surface area contributed by atoms with Gasteiger partial charge in [0, 0.05) is 0 Å². The van der Waals surface area contributed by atoms with Crippen molar-refractivity contribution in [3.8, 4) is 11.5 Å². The summed E-state index contributed by atoms with van der Waals surface area (Å²) < 4.78 is 36.1. The van der Waals surface area contributed by atoms with Gasteiger partial charge in [0.15, 0.2) is 21.3 Å². The molecule has 1 unspecified atom stereocenters. The number of ether oxygens (including phenoxy) is 2. The summed E-state index contributed by atoms with van der Waals surface area (Å²) in [6, 6.07) is 6.26. The SMILES string of the molecule is CCOc1ccc(CCC2CCC(CS(=O)(=O)C(C)CC)CC2)cc1OCC. The molecule has 1 aromatic rings. The summed E-state index contributed by atoms with van der Waals surface area (Å²) >= 11 is 0. The van der Waals surface area contributed by atoms with Gasteiger partial charge in [-0.15, -0.1) is 0 Å². The predicted octanol–water partition coefficient (Wildman–Crippen LogP) is 5.44. The average Bonchev–Trinajstić information content (AvgIpc) is 2.68. The molecule has 0 N–H and O–H groups in total. The molecule has 1 aromatic carbocycles. The van der Waals surface area contributed by atoms with E-state index in [1.54, 1.807) is 0 Å². The van der Waals surface area contributed by atoms with E-state index in [0.717, 1.165) is 50.0 Å². The van der Waals surface area contributed by atoms with Crippen LogP contribution in [0.4, 0.5) is 0 Å². The molecular formula is C23H38O4S. The van der Waals surface area contributed by atoms with Crippen LogP contribution in [0.5, 0.6) is 11.5 Å². The zero-order chi connectivity index (χ0) is 20.6. The van der Waals surface area contributed by atoms with Crippen LogP contribution in [0.1, 0.15) is 71.8 Å². The molecule has 0 radical (unpaired) electrons. The second-order valence-electron chi connectivity index (χ2n) is 8.12. The Morgan fingerprint density at radius 2 is 1.57 bits per heavy atom. The first-order valence-corrected chi connectivity index (χ1v) is 12.7. The Labute approximate surface area is 171 Å². The van der Waals surface area contributed by atoms with Crippen LogP contribution in [0, 0.1) is 11.8 Å². The molecule has 5 heteroatoms. The third-order valence-corrected chi connectivity index (χ3v) is 8.57. The molecule has 160 valence electrons. The molecule has 0 heterocycles. The second kappa shape index (κ2) is 11.1. The molecule has 0 amide bonds. The smallest absolute Gasteiger partial charge is 0.161 e. The largest absolute Gasteiger partial charge is 0.490 e. The summed E-state index contributed by atoms with van der Waals surface area (Å²) in [7, 11) is -2.93. The Bertz CT molecular complexity index is 691. The summed E-state index contributed by atoms with van der Waals surface area (Å²) in [5.74, 6) is 3.08. The van der Waals surface area contributed by atoms with Crippen LogP contribution < -0.4 is 9.47 Å². The number of hydrogen-bond acceptors (Lipinski definition) is 4. The summed E-state index contributed by atoms with van der Waals surface area (Å²) in [6.45, 7) is 9.03. The molecule has 2 rings (SSSR count). The fourth-order valence-corrected chi connectivity index (χ4v) is 5.88. The third kappa shape index (κ3) is 6.68. The van der Waals surface area contributed by atoms with E-state index < -0.39 is 9.84 Å². The Morgan fingerprint density at radius 3 is 2.18 bits per heavy atom. The lowest BCUT2D eigenvalue weighted by atomic mass is 9.80. The van der Waals surface area contributed by atoms with Crippen LogP contribution >= 0.6 is 0 Å². The van der Waals surface area contributed by atoms with Crippen LogP contribution in [0.15, 0.2) is 18.2 Å². The van der Waals surface area contributed by atoms with Gasteiger partial charge in [-0.05, 0) is 82.4 Å². The molecule has 1 atom stereocenters. The van der Waals surface area contributed by atoms with Crippen LogP contribution in [-0.2, 0) is 16.3 Å². The minimum absolute atomic E-state index is 0.204. The van der Waals surface area contributed by atoms with Crippen molar-refractivity contribution in [3.05, 3.63) is 23.8 Å². The van der Waals surface area contributed by atoms with Gasteiger partial charge in [0.25, 0.3) is 0 Å². The fourth-order valence-electron chi connectivity index (χ4n) is 4.06. The topological polar surface area (TPSA) is 52.6 Å². The molecule has 1 saturated carbocycles. The molecule has 0 aromatic heterocycles. The molecule has 1 fully saturated rings. The van der Waals surface area contributed by atoms with E-state index >= 15 is 0 Å². The standard InChI is InChI=1S/C23H38O4S/c1-5-18(4)28(24,25)17-21-12-9-19(10-13-21)8-11-20-14-15-22(26-6-2)23(16-20)27-7-3/h14-16,18-19,21H,5-13,17H2,1-4H3. The minimum Gasteiger partial charge on any atom is -0.490 e. The first-order chi connectivity index (χ1) is 13.4. The summed E-state index contributed by atoms with van der Waals surface area (Å²) in [5, 5.41) is -0.204. The lowest BCUT2D eigenvalue weighted by Crippen LogP contribution is -2.27. The van der Waals surface area contributed by atoms with Gasteiger partial charge in [0.2, 0.25) is 0 Å². The van der Waals surface area contributed by atoms with Crippen molar-refractivity contribution >= 4 is 9.84 Å². The molecule has 4 nitrogen and oxygen atoms in total. The number of sulfone groups is 1. The van der Waals surface area contributed by atoms with Gasteiger partial charge in [-0.1, -0.05) is 25.8 Å². The van der Waals surface area contributed by atoms with Gasteiger partial charge >= 0.3 is 0 Å². The maximum absolute atomic E-state index is 12.4. The first-order valence-electron chi connectivity index (χ1n) is 11.0. The molecule has 0 bridgehead atoms. The van der Waals surface area contributed by atoms with Gasteiger partial charge in [0.1, 0.15) is 0 Å². The lowest BCUT2D eigenvalue weighted by molar-refractivity contribution is 0.277. The van der Waals surface area contributed by atoms with E-state index in [2.05, 4.69) is 12.1 Å². The van der Waals surface area contributed by atoms with Crippen molar-refractivity contribution in [3.63, 3.8) is 0 Å². The highest BCUT2D eigenvalue weighted by molar-refractivity contribution is 7.92. The van der Waals surface area contributed by atoms with Crippen molar-refractivity contribution in [2.75, 3.05) is 19.0 Å².